The number of aliphatic carboxylic acids is 1. The molecule has 6 heteroatoms. The fourth-order valence-electron chi connectivity index (χ4n) is 3.91. The molecule has 5 rings (SSSR count). The Morgan fingerprint density at radius 3 is 2.48 bits per heavy atom. The van der Waals surface area contributed by atoms with E-state index in [0.717, 1.165) is 22.4 Å². The van der Waals surface area contributed by atoms with Crippen molar-refractivity contribution >= 4 is 50.9 Å². The molecule has 0 bridgehead atoms. The van der Waals surface area contributed by atoms with Crippen molar-refractivity contribution in [1.29, 1.82) is 0 Å². The first-order valence-corrected chi connectivity index (χ1v) is 11.6. The molecule has 5 nitrogen and oxygen atoms in total. The second kappa shape index (κ2) is 8.55. The quantitative estimate of drug-likeness (QED) is 0.193. The average Bonchev–Trinajstić information content (AvgIpc) is 3.62. The van der Waals surface area contributed by atoms with Gasteiger partial charge in [-0.3, -0.25) is 4.79 Å². The molecule has 1 saturated carbocycles. The summed E-state index contributed by atoms with van der Waals surface area (Å²) in [6.07, 6.45) is 3.29. The highest BCUT2D eigenvalue weighted by atomic mass is 32.2. The van der Waals surface area contributed by atoms with Crippen molar-refractivity contribution in [3.05, 3.63) is 66.2 Å². The van der Waals surface area contributed by atoms with E-state index in [1.165, 1.54) is 40.9 Å². The molecule has 0 atom stereocenters. The highest BCUT2D eigenvalue weighted by molar-refractivity contribution is 7.99. The molecule has 3 aromatic carbocycles. The van der Waals surface area contributed by atoms with Crippen molar-refractivity contribution in [2.45, 2.75) is 36.8 Å². The molecule has 0 aliphatic heterocycles. The third-order valence-electron chi connectivity index (χ3n) is 5.58. The van der Waals surface area contributed by atoms with Crippen LogP contribution in [0.3, 0.4) is 0 Å². The van der Waals surface area contributed by atoms with Gasteiger partial charge in [-0.2, -0.15) is 0 Å². The summed E-state index contributed by atoms with van der Waals surface area (Å²) in [7, 11) is 0. The monoisotopic (exact) mass is 429 g/mol. The minimum absolute atomic E-state index is 0.158. The summed E-state index contributed by atoms with van der Waals surface area (Å²) >= 11 is 1.49. The number of thioether (sulfide) groups is 1. The normalized spacial score (nSPS) is 13.5. The third-order valence-corrected chi connectivity index (χ3v) is 6.51. The molecule has 156 valence electrons. The number of hydrogen-bond acceptors (Lipinski definition) is 5. The van der Waals surface area contributed by atoms with Gasteiger partial charge in [-0.05, 0) is 54.3 Å². The number of para-hydroxylation sites is 1. The highest BCUT2D eigenvalue weighted by Gasteiger charge is 2.25. The summed E-state index contributed by atoms with van der Waals surface area (Å²) < 4.78 is 0. The zero-order valence-corrected chi connectivity index (χ0v) is 17.9. The number of anilines is 2. The smallest absolute Gasteiger partial charge is 0.303 e. The molecular weight excluding hydrogens is 406 g/mol. The number of hydrogen-bond donors (Lipinski definition) is 2. The van der Waals surface area contributed by atoms with Gasteiger partial charge in [0, 0.05) is 28.6 Å². The molecule has 0 unspecified atom stereocenters. The highest BCUT2D eigenvalue weighted by Crippen LogP contribution is 2.44. The fraction of sp³-hybridized carbons (Fsp3) is 0.240. The number of nitrogens with zero attached hydrogens (tertiary/aromatic N) is 2. The summed E-state index contributed by atoms with van der Waals surface area (Å²) in [5.41, 5.74) is 3.34. The van der Waals surface area contributed by atoms with E-state index in [2.05, 4.69) is 46.7 Å². The molecule has 1 aromatic heterocycles. The Balaban J connectivity index is 1.50. The second-order valence-electron chi connectivity index (χ2n) is 7.86. The van der Waals surface area contributed by atoms with Gasteiger partial charge in [-0.15, -0.1) is 0 Å². The van der Waals surface area contributed by atoms with E-state index >= 15 is 0 Å². The van der Waals surface area contributed by atoms with Crippen molar-refractivity contribution in [2.75, 3.05) is 11.1 Å². The van der Waals surface area contributed by atoms with Crippen LogP contribution in [0.25, 0.3) is 21.7 Å². The SMILES string of the molecule is O=C(O)CCCSc1nc(Nc2ccc(C3CC3)c3ccccc23)c2ccccc2n1. The van der Waals surface area contributed by atoms with E-state index in [9.17, 15) is 4.79 Å². The predicted molar refractivity (Wildman–Crippen MR) is 126 cm³/mol. The van der Waals surface area contributed by atoms with E-state index < -0.39 is 5.97 Å². The summed E-state index contributed by atoms with van der Waals surface area (Å²) in [4.78, 5) is 20.2. The Morgan fingerprint density at radius 1 is 0.968 bits per heavy atom. The Hall–Kier alpha value is -3.12. The van der Waals surface area contributed by atoms with Gasteiger partial charge in [0.05, 0.1) is 5.52 Å². The second-order valence-corrected chi connectivity index (χ2v) is 8.93. The Kier molecular flexibility index (Phi) is 5.47. The van der Waals surface area contributed by atoms with Crippen LogP contribution >= 0.6 is 11.8 Å². The molecule has 1 aliphatic rings. The van der Waals surface area contributed by atoms with Gasteiger partial charge in [0.2, 0.25) is 0 Å². The minimum Gasteiger partial charge on any atom is -0.481 e. The summed E-state index contributed by atoms with van der Waals surface area (Å²) in [6.45, 7) is 0. The Bertz CT molecular complexity index is 1270. The number of nitrogens with one attached hydrogen (secondary N) is 1. The third kappa shape index (κ3) is 4.35. The van der Waals surface area contributed by atoms with Crippen molar-refractivity contribution < 1.29 is 9.90 Å². The van der Waals surface area contributed by atoms with Crippen molar-refractivity contribution in [1.82, 2.24) is 9.97 Å². The van der Waals surface area contributed by atoms with Crippen LogP contribution in [0.2, 0.25) is 0 Å². The lowest BCUT2D eigenvalue weighted by atomic mass is 9.99. The van der Waals surface area contributed by atoms with Crippen LogP contribution in [0.1, 0.15) is 37.2 Å². The van der Waals surface area contributed by atoms with Gasteiger partial charge in [-0.1, -0.05) is 54.2 Å². The standard InChI is InChI=1S/C25H23N3O2S/c29-23(30)10-5-15-31-25-27-21-9-4-3-8-20(21)24(28-25)26-22-14-13-17(16-11-12-16)18-6-1-2-7-19(18)22/h1-4,6-9,13-14,16H,5,10-12,15H2,(H,29,30)(H,26,27,28). The van der Waals surface area contributed by atoms with Crippen molar-refractivity contribution in [2.24, 2.45) is 0 Å². The van der Waals surface area contributed by atoms with Gasteiger partial charge < -0.3 is 10.4 Å². The lowest BCUT2D eigenvalue weighted by molar-refractivity contribution is -0.137. The maximum Gasteiger partial charge on any atom is 0.303 e. The molecule has 0 spiro atoms. The topological polar surface area (TPSA) is 75.1 Å². The molecule has 1 aliphatic carbocycles. The summed E-state index contributed by atoms with van der Waals surface area (Å²) in [6, 6.07) is 20.9. The Morgan fingerprint density at radius 2 is 1.71 bits per heavy atom. The van der Waals surface area contributed by atoms with Crippen LogP contribution in [0, 0.1) is 0 Å². The molecule has 1 fully saturated rings. The van der Waals surface area contributed by atoms with Crippen LogP contribution < -0.4 is 5.32 Å². The molecule has 0 saturated heterocycles. The van der Waals surface area contributed by atoms with Crippen LogP contribution in [0.15, 0.2) is 65.8 Å². The average molecular weight is 430 g/mol. The van der Waals surface area contributed by atoms with Crippen molar-refractivity contribution in [3.8, 4) is 0 Å². The van der Waals surface area contributed by atoms with Crippen molar-refractivity contribution in [3.63, 3.8) is 0 Å². The number of carboxylic acid groups (broad SMARTS) is 1. The van der Waals surface area contributed by atoms with E-state index in [0.29, 0.717) is 23.2 Å². The number of carboxylic acids is 1. The lowest BCUT2D eigenvalue weighted by Gasteiger charge is -2.14. The zero-order valence-electron chi connectivity index (χ0n) is 17.0. The van der Waals surface area contributed by atoms with E-state index in [1.54, 1.807) is 0 Å². The van der Waals surface area contributed by atoms with E-state index in [4.69, 9.17) is 10.1 Å². The maximum atomic E-state index is 10.8. The van der Waals surface area contributed by atoms with Crippen LogP contribution in [0.5, 0.6) is 0 Å². The molecule has 0 amide bonds. The number of carbonyl (C=O) groups is 1. The number of aromatic nitrogens is 2. The van der Waals surface area contributed by atoms with E-state index in [-0.39, 0.29) is 6.42 Å². The molecule has 2 N–H and O–H groups in total. The molecule has 4 aromatic rings. The summed E-state index contributed by atoms with van der Waals surface area (Å²) in [5, 5.41) is 16.5. The van der Waals surface area contributed by atoms with Gasteiger partial charge in [0.1, 0.15) is 5.82 Å². The number of fused-ring (bicyclic) bond motifs is 2. The van der Waals surface area contributed by atoms with Crippen LogP contribution in [-0.4, -0.2) is 26.8 Å². The van der Waals surface area contributed by atoms with Crippen LogP contribution in [-0.2, 0) is 4.79 Å². The number of benzene rings is 3. The Labute approximate surface area is 184 Å². The fourth-order valence-corrected chi connectivity index (χ4v) is 4.70. The maximum absolute atomic E-state index is 10.8. The van der Waals surface area contributed by atoms with Gasteiger partial charge in [0.15, 0.2) is 5.16 Å². The van der Waals surface area contributed by atoms with Gasteiger partial charge >= 0.3 is 5.97 Å². The van der Waals surface area contributed by atoms with Gasteiger partial charge in [0.25, 0.3) is 0 Å². The minimum atomic E-state index is -0.774. The van der Waals surface area contributed by atoms with Gasteiger partial charge in [-0.25, -0.2) is 9.97 Å². The first kappa shape index (κ1) is 19.8. The predicted octanol–water partition coefficient (Wildman–Crippen LogP) is 6.36. The summed E-state index contributed by atoms with van der Waals surface area (Å²) in [5.74, 6) is 1.36. The zero-order chi connectivity index (χ0) is 21.2. The first-order valence-electron chi connectivity index (χ1n) is 10.6. The largest absolute Gasteiger partial charge is 0.481 e. The molecular formula is C25H23N3O2S. The number of rotatable bonds is 8. The molecule has 0 radical (unpaired) electrons. The molecule has 1 heterocycles. The lowest BCUT2D eigenvalue weighted by Crippen LogP contribution is -2.01. The first-order chi connectivity index (χ1) is 15.2. The molecule has 31 heavy (non-hydrogen) atoms. The van der Waals surface area contributed by atoms with E-state index in [1.807, 2.05) is 24.3 Å². The van der Waals surface area contributed by atoms with Crippen LogP contribution in [0.4, 0.5) is 11.5 Å².